The van der Waals surface area contributed by atoms with Crippen molar-refractivity contribution in [3.63, 3.8) is 0 Å². The van der Waals surface area contributed by atoms with Gasteiger partial charge in [-0.15, -0.1) is 0 Å². The van der Waals surface area contributed by atoms with E-state index >= 15 is 0 Å². The SMILES string of the molecule is Cc1nn(C)c(C)c1CNc1cc(C(F)(F)F)ccc1Cl. The van der Waals surface area contributed by atoms with Crippen molar-refractivity contribution in [2.45, 2.75) is 26.6 Å². The highest BCUT2D eigenvalue weighted by molar-refractivity contribution is 6.33. The van der Waals surface area contributed by atoms with Crippen molar-refractivity contribution in [2.75, 3.05) is 5.32 Å². The van der Waals surface area contributed by atoms with Crippen molar-refractivity contribution in [1.82, 2.24) is 9.78 Å². The van der Waals surface area contributed by atoms with Gasteiger partial charge in [-0.2, -0.15) is 18.3 Å². The zero-order valence-electron chi connectivity index (χ0n) is 11.8. The lowest BCUT2D eigenvalue weighted by Crippen LogP contribution is -2.07. The van der Waals surface area contributed by atoms with Crippen LogP contribution in [0, 0.1) is 13.8 Å². The number of halogens is 4. The van der Waals surface area contributed by atoms with Crippen LogP contribution in [0.1, 0.15) is 22.5 Å². The second-order valence-electron chi connectivity index (χ2n) is 4.82. The van der Waals surface area contributed by atoms with Crippen LogP contribution in [0.25, 0.3) is 0 Å². The number of benzene rings is 1. The molecule has 0 aliphatic carbocycles. The Morgan fingerprint density at radius 1 is 1.29 bits per heavy atom. The molecule has 0 aliphatic heterocycles. The molecule has 1 aromatic carbocycles. The highest BCUT2D eigenvalue weighted by atomic mass is 35.5. The van der Waals surface area contributed by atoms with E-state index in [1.807, 2.05) is 20.9 Å². The van der Waals surface area contributed by atoms with E-state index in [0.29, 0.717) is 6.54 Å². The molecule has 0 amide bonds. The van der Waals surface area contributed by atoms with E-state index in [0.717, 1.165) is 29.1 Å². The minimum atomic E-state index is -4.39. The fraction of sp³-hybridized carbons (Fsp3) is 0.357. The summed E-state index contributed by atoms with van der Waals surface area (Å²) in [6.45, 7) is 4.13. The summed E-state index contributed by atoms with van der Waals surface area (Å²) in [5, 5.41) is 7.47. The van der Waals surface area contributed by atoms with Gasteiger partial charge >= 0.3 is 6.18 Å². The molecular weight excluding hydrogens is 303 g/mol. The van der Waals surface area contributed by atoms with Crippen molar-refractivity contribution in [3.05, 3.63) is 45.7 Å². The maximum atomic E-state index is 12.7. The first-order chi connectivity index (χ1) is 9.70. The summed E-state index contributed by atoms with van der Waals surface area (Å²) >= 11 is 5.95. The van der Waals surface area contributed by atoms with Gasteiger partial charge in [-0.25, -0.2) is 0 Å². The van der Waals surface area contributed by atoms with Gasteiger partial charge in [0, 0.05) is 24.8 Å². The van der Waals surface area contributed by atoms with Gasteiger partial charge in [0.2, 0.25) is 0 Å². The van der Waals surface area contributed by atoms with E-state index in [2.05, 4.69) is 10.4 Å². The lowest BCUT2D eigenvalue weighted by atomic mass is 10.1. The number of rotatable bonds is 3. The number of hydrogen-bond acceptors (Lipinski definition) is 2. The Kier molecular flexibility index (Phi) is 4.18. The van der Waals surface area contributed by atoms with Crippen LogP contribution in [0.2, 0.25) is 5.02 Å². The molecule has 1 N–H and O–H groups in total. The van der Waals surface area contributed by atoms with E-state index in [1.165, 1.54) is 6.07 Å². The molecule has 0 aliphatic rings. The number of anilines is 1. The molecule has 2 rings (SSSR count). The van der Waals surface area contributed by atoms with Crippen LogP contribution in [0.3, 0.4) is 0 Å². The molecule has 114 valence electrons. The number of nitrogens with one attached hydrogen (secondary N) is 1. The predicted octanol–water partition coefficient (Wildman–Crippen LogP) is 4.32. The van der Waals surface area contributed by atoms with Crippen LogP contribution in [-0.2, 0) is 19.8 Å². The van der Waals surface area contributed by atoms with E-state index in [1.54, 1.807) is 4.68 Å². The first-order valence-electron chi connectivity index (χ1n) is 6.30. The molecule has 0 atom stereocenters. The van der Waals surface area contributed by atoms with Crippen molar-refractivity contribution < 1.29 is 13.2 Å². The molecule has 2 aromatic rings. The normalized spacial score (nSPS) is 11.8. The largest absolute Gasteiger partial charge is 0.416 e. The van der Waals surface area contributed by atoms with Gasteiger partial charge in [0.15, 0.2) is 0 Å². The first-order valence-corrected chi connectivity index (χ1v) is 6.67. The topological polar surface area (TPSA) is 29.9 Å². The van der Waals surface area contributed by atoms with Gasteiger partial charge in [0.1, 0.15) is 0 Å². The molecule has 7 heteroatoms. The molecule has 0 spiro atoms. The molecule has 0 radical (unpaired) electrons. The molecular formula is C14H15ClF3N3. The zero-order chi connectivity index (χ0) is 15.8. The van der Waals surface area contributed by atoms with E-state index in [-0.39, 0.29) is 10.7 Å². The summed E-state index contributed by atoms with van der Waals surface area (Å²) in [5.41, 5.74) is 2.28. The van der Waals surface area contributed by atoms with Crippen LogP contribution in [0.4, 0.5) is 18.9 Å². The molecule has 1 aromatic heterocycles. The average Bonchev–Trinajstić information content (AvgIpc) is 2.62. The minimum absolute atomic E-state index is 0.252. The highest BCUT2D eigenvalue weighted by Gasteiger charge is 2.30. The summed E-state index contributed by atoms with van der Waals surface area (Å²) in [6, 6.07) is 3.23. The molecule has 0 fully saturated rings. The third kappa shape index (κ3) is 3.32. The monoisotopic (exact) mass is 317 g/mol. The van der Waals surface area contributed by atoms with Gasteiger partial charge in [0.25, 0.3) is 0 Å². The Hall–Kier alpha value is -1.69. The Bertz CT molecular complexity index is 662. The molecule has 0 saturated heterocycles. The molecule has 21 heavy (non-hydrogen) atoms. The lowest BCUT2D eigenvalue weighted by Gasteiger charge is -2.12. The van der Waals surface area contributed by atoms with Crippen LogP contribution < -0.4 is 5.32 Å². The van der Waals surface area contributed by atoms with Gasteiger partial charge in [0.05, 0.1) is 22.0 Å². The summed E-state index contributed by atoms with van der Waals surface area (Å²) in [5.74, 6) is 0. The molecule has 0 bridgehead atoms. The molecule has 1 heterocycles. The second kappa shape index (κ2) is 5.60. The number of hydrogen-bond donors (Lipinski definition) is 1. The average molecular weight is 318 g/mol. The fourth-order valence-electron chi connectivity index (χ4n) is 2.09. The van der Waals surface area contributed by atoms with Crippen LogP contribution >= 0.6 is 11.6 Å². The first kappa shape index (κ1) is 15.7. The summed E-state index contributed by atoms with van der Waals surface area (Å²) < 4.78 is 39.9. The fourth-order valence-corrected chi connectivity index (χ4v) is 2.28. The van der Waals surface area contributed by atoms with Gasteiger partial charge in [-0.1, -0.05) is 11.6 Å². The van der Waals surface area contributed by atoms with E-state index in [9.17, 15) is 13.2 Å². The summed E-state index contributed by atoms with van der Waals surface area (Å²) in [7, 11) is 1.82. The van der Waals surface area contributed by atoms with Crippen molar-refractivity contribution in [1.29, 1.82) is 0 Å². The number of alkyl halides is 3. The Labute approximate surface area is 125 Å². The molecule has 3 nitrogen and oxygen atoms in total. The standard InChI is InChI=1S/C14H15ClF3N3/c1-8-11(9(2)21(3)20-8)7-19-13-6-10(14(16,17)18)4-5-12(13)15/h4-6,19H,7H2,1-3H3. The Balaban J connectivity index is 2.24. The maximum absolute atomic E-state index is 12.7. The third-order valence-electron chi connectivity index (χ3n) is 3.41. The summed E-state index contributed by atoms with van der Waals surface area (Å²) in [4.78, 5) is 0. The minimum Gasteiger partial charge on any atom is -0.380 e. The third-order valence-corrected chi connectivity index (χ3v) is 3.74. The number of nitrogens with zero attached hydrogens (tertiary/aromatic N) is 2. The Morgan fingerprint density at radius 3 is 2.48 bits per heavy atom. The predicted molar refractivity (Wildman–Crippen MR) is 76.5 cm³/mol. The summed E-state index contributed by atoms with van der Waals surface area (Å²) in [6.07, 6.45) is -4.39. The quantitative estimate of drug-likeness (QED) is 0.913. The molecule has 0 unspecified atom stereocenters. The van der Waals surface area contributed by atoms with E-state index in [4.69, 9.17) is 11.6 Å². The van der Waals surface area contributed by atoms with Gasteiger partial charge in [-0.05, 0) is 32.0 Å². The smallest absolute Gasteiger partial charge is 0.380 e. The van der Waals surface area contributed by atoms with Crippen LogP contribution in [-0.4, -0.2) is 9.78 Å². The van der Waals surface area contributed by atoms with E-state index < -0.39 is 11.7 Å². The molecule has 0 saturated carbocycles. The van der Waals surface area contributed by atoms with Crippen molar-refractivity contribution in [3.8, 4) is 0 Å². The second-order valence-corrected chi connectivity index (χ2v) is 5.23. The van der Waals surface area contributed by atoms with Crippen molar-refractivity contribution >= 4 is 17.3 Å². The number of aryl methyl sites for hydroxylation is 2. The van der Waals surface area contributed by atoms with Crippen LogP contribution in [0.15, 0.2) is 18.2 Å². The van der Waals surface area contributed by atoms with Crippen molar-refractivity contribution in [2.24, 2.45) is 7.05 Å². The van der Waals surface area contributed by atoms with Crippen LogP contribution in [0.5, 0.6) is 0 Å². The Morgan fingerprint density at radius 2 is 1.95 bits per heavy atom. The van der Waals surface area contributed by atoms with Gasteiger partial charge < -0.3 is 5.32 Å². The maximum Gasteiger partial charge on any atom is 0.416 e. The van der Waals surface area contributed by atoms with Gasteiger partial charge in [-0.3, -0.25) is 4.68 Å². The highest BCUT2D eigenvalue weighted by Crippen LogP contribution is 2.34. The number of aromatic nitrogens is 2. The zero-order valence-corrected chi connectivity index (χ0v) is 12.6. The lowest BCUT2D eigenvalue weighted by molar-refractivity contribution is -0.137.